The molecule has 2 aliphatic rings. The molecule has 0 aliphatic carbocycles. The first-order valence-electron chi connectivity index (χ1n) is 6.16. The summed E-state index contributed by atoms with van der Waals surface area (Å²) < 4.78 is 27.9. The molecule has 0 aromatic heterocycles. The highest BCUT2D eigenvalue weighted by molar-refractivity contribution is 7.91. The Morgan fingerprint density at radius 2 is 2.18 bits per heavy atom. The van der Waals surface area contributed by atoms with Gasteiger partial charge in [-0.1, -0.05) is 0 Å². The predicted molar refractivity (Wildman–Crippen MR) is 63.4 cm³/mol. The third-order valence-electron chi connectivity index (χ3n) is 3.31. The van der Waals surface area contributed by atoms with Crippen molar-refractivity contribution in [2.24, 2.45) is 0 Å². The summed E-state index contributed by atoms with van der Waals surface area (Å²) in [5, 5.41) is 2.78. The summed E-state index contributed by atoms with van der Waals surface area (Å²) in [6.45, 7) is 0.799. The molecule has 2 rings (SSSR count). The van der Waals surface area contributed by atoms with Crippen molar-refractivity contribution in [2.45, 2.75) is 44.2 Å². The number of hydrogen-bond acceptors (Lipinski definition) is 4. The SMILES string of the molecule is O=C(CC[C@H]1CCCO1)N[C@@H]1CCS(=O)(=O)C1. The van der Waals surface area contributed by atoms with Gasteiger partial charge in [-0.3, -0.25) is 4.79 Å². The van der Waals surface area contributed by atoms with Crippen LogP contribution < -0.4 is 5.32 Å². The number of ether oxygens (including phenoxy) is 1. The van der Waals surface area contributed by atoms with Crippen LogP contribution in [0.15, 0.2) is 0 Å². The van der Waals surface area contributed by atoms with Crippen molar-refractivity contribution in [3.63, 3.8) is 0 Å². The van der Waals surface area contributed by atoms with Gasteiger partial charge in [0.05, 0.1) is 17.6 Å². The standard InChI is InChI=1S/C11H19NO4S/c13-11(4-3-10-2-1-6-16-10)12-9-5-7-17(14,15)8-9/h9-10H,1-8H2,(H,12,13)/t9-,10-/m1/s1. The second kappa shape index (κ2) is 5.35. The number of amides is 1. The summed E-state index contributed by atoms with van der Waals surface area (Å²) in [5.74, 6) is 0.241. The van der Waals surface area contributed by atoms with E-state index < -0.39 is 9.84 Å². The van der Waals surface area contributed by atoms with Crippen molar-refractivity contribution in [3.05, 3.63) is 0 Å². The molecule has 0 aromatic rings. The van der Waals surface area contributed by atoms with Gasteiger partial charge in [-0.05, 0) is 25.7 Å². The van der Waals surface area contributed by atoms with Gasteiger partial charge in [0.1, 0.15) is 0 Å². The van der Waals surface area contributed by atoms with Gasteiger partial charge in [0, 0.05) is 19.1 Å². The average molecular weight is 261 g/mol. The van der Waals surface area contributed by atoms with Gasteiger partial charge in [0.2, 0.25) is 5.91 Å². The number of nitrogens with one attached hydrogen (secondary N) is 1. The van der Waals surface area contributed by atoms with Gasteiger partial charge in [-0.15, -0.1) is 0 Å². The van der Waals surface area contributed by atoms with Gasteiger partial charge >= 0.3 is 0 Å². The number of carbonyl (C=O) groups is 1. The molecule has 2 fully saturated rings. The lowest BCUT2D eigenvalue weighted by Crippen LogP contribution is -2.35. The zero-order chi connectivity index (χ0) is 12.3. The number of rotatable bonds is 4. The Hall–Kier alpha value is -0.620. The van der Waals surface area contributed by atoms with Gasteiger partial charge in [0.25, 0.3) is 0 Å². The Balaban J connectivity index is 1.67. The van der Waals surface area contributed by atoms with E-state index in [1.165, 1.54) is 0 Å². The zero-order valence-electron chi connectivity index (χ0n) is 9.85. The zero-order valence-corrected chi connectivity index (χ0v) is 10.7. The molecule has 2 saturated heterocycles. The monoisotopic (exact) mass is 261 g/mol. The highest BCUT2D eigenvalue weighted by Crippen LogP contribution is 2.17. The van der Waals surface area contributed by atoms with Crippen molar-refractivity contribution in [1.29, 1.82) is 0 Å². The largest absolute Gasteiger partial charge is 0.378 e. The molecule has 0 spiro atoms. The molecule has 0 radical (unpaired) electrons. The third-order valence-corrected chi connectivity index (χ3v) is 5.08. The van der Waals surface area contributed by atoms with Crippen molar-refractivity contribution in [1.82, 2.24) is 5.32 Å². The first-order chi connectivity index (χ1) is 8.05. The number of carbonyl (C=O) groups excluding carboxylic acids is 1. The molecule has 1 N–H and O–H groups in total. The van der Waals surface area contributed by atoms with Crippen LogP contribution in [0.3, 0.4) is 0 Å². The van der Waals surface area contributed by atoms with Crippen molar-refractivity contribution < 1.29 is 17.9 Å². The maximum absolute atomic E-state index is 11.6. The van der Waals surface area contributed by atoms with E-state index in [0.717, 1.165) is 25.9 Å². The van der Waals surface area contributed by atoms with Crippen molar-refractivity contribution in [3.8, 4) is 0 Å². The van der Waals surface area contributed by atoms with Crippen LogP contribution in [0.5, 0.6) is 0 Å². The lowest BCUT2D eigenvalue weighted by atomic mass is 10.1. The molecule has 5 nitrogen and oxygen atoms in total. The lowest BCUT2D eigenvalue weighted by Gasteiger charge is -2.12. The van der Waals surface area contributed by atoms with E-state index in [0.29, 0.717) is 12.8 Å². The average Bonchev–Trinajstić information content (AvgIpc) is 2.85. The van der Waals surface area contributed by atoms with Crippen molar-refractivity contribution >= 4 is 15.7 Å². The van der Waals surface area contributed by atoms with Crippen LogP contribution in [-0.2, 0) is 19.4 Å². The van der Waals surface area contributed by atoms with E-state index in [1.54, 1.807) is 0 Å². The van der Waals surface area contributed by atoms with Gasteiger partial charge in [-0.25, -0.2) is 8.42 Å². The molecule has 2 aliphatic heterocycles. The van der Waals surface area contributed by atoms with Crippen LogP contribution in [0.2, 0.25) is 0 Å². The summed E-state index contributed by atoms with van der Waals surface area (Å²) in [6, 6.07) is -0.183. The summed E-state index contributed by atoms with van der Waals surface area (Å²) in [7, 11) is -2.91. The number of hydrogen-bond donors (Lipinski definition) is 1. The van der Waals surface area contributed by atoms with Gasteiger partial charge in [0.15, 0.2) is 9.84 Å². The Morgan fingerprint density at radius 1 is 1.35 bits per heavy atom. The summed E-state index contributed by atoms with van der Waals surface area (Å²) in [4.78, 5) is 11.6. The van der Waals surface area contributed by atoms with E-state index in [1.807, 2.05) is 0 Å². The molecule has 98 valence electrons. The number of sulfone groups is 1. The van der Waals surface area contributed by atoms with Gasteiger partial charge < -0.3 is 10.1 Å². The molecule has 2 atom stereocenters. The van der Waals surface area contributed by atoms with E-state index in [2.05, 4.69) is 5.32 Å². The summed E-state index contributed by atoms with van der Waals surface area (Å²) >= 11 is 0. The summed E-state index contributed by atoms with van der Waals surface area (Å²) in [5.41, 5.74) is 0. The Kier molecular flexibility index (Phi) is 4.04. The minimum atomic E-state index is -2.91. The molecule has 0 bridgehead atoms. The van der Waals surface area contributed by atoms with Crippen LogP contribution >= 0.6 is 0 Å². The first kappa shape index (κ1) is 12.8. The van der Waals surface area contributed by atoms with Gasteiger partial charge in [-0.2, -0.15) is 0 Å². The van der Waals surface area contributed by atoms with Crippen LogP contribution in [-0.4, -0.2) is 44.6 Å². The first-order valence-corrected chi connectivity index (χ1v) is 7.99. The molecule has 2 heterocycles. The lowest BCUT2D eigenvalue weighted by molar-refractivity contribution is -0.122. The Bertz CT molecular complexity index is 373. The Morgan fingerprint density at radius 3 is 2.76 bits per heavy atom. The smallest absolute Gasteiger partial charge is 0.220 e. The minimum absolute atomic E-state index is 0.0531. The minimum Gasteiger partial charge on any atom is -0.378 e. The quantitative estimate of drug-likeness (QED) is 0.787. The van der Waals surface area contributed by atoms with E-state index >= 15 is 0 Å². The highest BCUT2D eigenvalue weighted by Gasteiger charge is 2.29. The third kappa shape index (κ3) is 3.96. The van der Waals surface area contributed by atoms with E-state index in [4.69, 9.17) is 4.74 Å². The molecule has 0 aromatic carbocycles. The molecule has 6 heteroatoms. The van der Waals surface area contributed by atoms with Crippen molar-refractivity contribution in [2.75, 3.05) is 18.1 Å². The maximum atomic E-state index is 11.6. The molecular weight excluding hydrogens is 242 g/mol. The van der Waals surface area contributed by atoms with Crippen LogP contribution in [0.25, 0.3) is 0 Å². The van der Waals surface area contributed by atoms with Crippen LogP contribution in [0, 0.1) is 0 Å². The summed E-state index contributed by atoms with van der Waals surface area (Å²) in [6.07, 6.45) is 4.05. The molecular formula is C11H19NO4S. The highest BCUT2D eigenvalue weighted by atomic mass is 32.2. The Labute approximate surface area is 102 Å². The second-order valence-corrected chi connectivity index (χ2v) is 7.07. The second-order valence-electron chi connectivity index (χ2n) is 4.84. The normalized spacial score (nSPS) is 31.5. The van der Waals surface area contributed by atoms with Crippen LogP contribution in [0.4, 0.5) is 0 Å². The molecule has 1 amide bonds. The van der Waals surface area contributed by atoms with E-state index in [9.17, 15) is 13.2 Å². The van der Waals surface area contributed by atoms with Crippen LogP contribution in [0.1, 0.15) is 32.1 Å². The molecule has 0 unspecified atom stereocenters. The topological polar surface area (TPSA) is 72.5 Å². The fourth-order valence-electron chi connectivity index (χ4n) is 2.37. The fraction of sp³-hybridized carbons (Fsp3) is 0.909. The molecule has 0 saturated carbocycles. The predicted octanol–water partition coefficient (Wildman–Crippen LogP) is 0.249. The molecule has 17 heavy (non-hydrogen) atoms. The van der Waals surface area contributed by atoms with E-state index in [-0.39, 0.29) is 29.6 Å². The fourth-order valence-corrected chi connectivity index (χ4v) is 4.05. The maximum Gasteiger partial charge on any atom is 0.220 e.